The number of benzene rings is 2. The Kier molecular flexibility index (Phi) is 6.12. The van der Waals surface area contributed by atoms with Crippen LogP contribution < -0.4 is 19.5 Å². The average molecular weight is 396 g/mol. The van der Waals surface area contributed by atoms with E-state index in [1.807, 2.05) is 25.1 Å². The molecule has 0 aromatic heterocycles. The van der Waals surface area contributed by atoms with Crippen LogP contribution in [-0.4, -0.2) is 25.7 Å². The molecule has 0 fully saturated rings. The van der Waals surface area contributed by atoms with E-state index in [9.17, 15) is 4.79 Å². The lowest BCUT2D eigenvalue weighted by molar-refractivity contribution is -0.122. The number of hydrogen-bond acceptors (Lipinski definition) is 4. The highest BCUT2D eigenvalue weighted by Crippen LogP contribution is 2.32. The van der Waals surface area contributed by atoms with Gasteiger partial charge >= 0.3 is 0 Å². The number of carbonyl (C=O) groups excluding carboxylic acids is 1. The van der Waals surface area contributed by atoms with E-state index in [1.165, 1.54) is 0 Å². The van der Waals surface area contributed by atoms with E-state index >= 15 is 0 Å². The van der Waals surface area contributed by atoms with Gasteiger partial charge in [-0.3, -0.25) is 4.79 Å². The van der Waals surface area contributed by atoms with Crippen molar-refractivity contribution in [2.75, 3.05) is 19.8 Å². The van der Waals surface area contributed by atoms with E-state index in [0.717, 1.165) is 11.3 Å². The minimum absolute atomic E-state index is 0.104. The van der Waals surface area contributed by atoms with Gasteiger partial charge in [0.1, 0.15) is 19.0 Å². The number of halogens is 2. The zero-order chi connectivity index (χ0) is 18.5. The molecular formula is C19H19Cl2NO4. The number of amides is 1. The molecule has 2 aromatic carbocycles. The van der Waals surface area contributed by atoms with Gasteiger partial charge < -0.3 is 19.5 Å². The summed E-state index contributed by atoms with van der Waals surface area (Å²) in [5, 5.41) is 3.83. The van der Waals surface area contributed by atoms with Gasteiger partial charge in [-0.15, -0.1) is 0 Å². The van der Waals surface area contributed by atoms with Gasteiger partial charge in [-0.2, -0.15) is 0 Å². The van der Waals surface area contributed by atoms with Crippen molar-refractivity contribution in [1.82, 2.24) is 5.32 Å². The Morgan fingerprint density at radius 2 is 1.88 bits per heavy atom. The van der Waals surface area contributed by atoms with Crippen LogP contribution in [0.1, 0.15) is 24.9 Å². The summed E-state index contributed by atoms with van der Waals surface area (Å²) in [7, 11) is 0. The Balaban J connectivity index is 1.49. The molecular weight excluding hydrogens is 377 g/mol. The van der Waals surface area contributed by atoms with Gasteiger partial charge in [0.25, 0.3) is 0 Å². The van der Waals surface area contributed by atoms with Crippen molar-refractivity contribution < 1.29 is 19.0 Å². The van der Waals surface area contributed by atoms with E-state index in [2.05, 4.69) is 5.32 Å². The number of hydrogen-bond donors (Lipinski definition) is 1. The Hall–Kier alpha value is -2.11. The fourth-order valence-electron chi connectivity index (χ4n) is 2.55. The number of carbonyl (C=O) groups is 1. The smallest absolute Gasteiger partial charge is 0.223 e. The second-order valence-corrected chi connectivity index (χ2v) is 6.68. The quantitative estimate of drug-likeness (QED) is 0.786. The molecule has 1 aliphatic heterocycles. The first kappa shape index (κ1) is 18.7. The van der Waals surface area contributed by atoms with Crippen LogP contribution in [0.2, 0.25) is 10.0 Å². The van der Waals surface area contributed by atoms with Crippen molar-refractivity contribution in [2.45, 2.75) is 19.4 Å². The fourth-order valence-corrected chi connectivity index (χ4v) is 2.84. The molecule has 7 heteroatoms. The van der Waals surface area contributed by atoms with E-state index in [4.69, 9.17) is 37.4 Å². The van der Waals surface area contributed by atoms with Crippen molar-refractivity contribution in [3.05, 3.63) is 52.0 Å². The van der Waals surface area contributed by atoms with E-state index in [-0.39, 0.29) is 25.0 Å². The Morgan fingerprint density at radius 1 is 1.12 bits per heavy atom. The average Bonchev–Trinajstić information content (AvgIpc) is 2.64. The van der Waals surface area contributed by atoms with Crippen LogP contribution >= 0.6 is 23.2 Å². The van der Waals surface area contributed by atoms with Crippen LogP contribution in [-0.2, 0) is 4.79 Å². The van der Waals surface area contributed by atoms with E-state index in [0.29, 0.717) is 34.8 Å². The third-order valence-corrected chi connectivity index (χ3v) is 4.67. The molecule has 0 aliphatic carbocycles. The molecule has 0 spiro atoms. The highest BCUT2D eigenvalue weighted by Gasteiger charge is 2.15. The Bertz CT molecular complexity index is 797. The molecule has 1 atom stereocenters. The van der Waals surface area contributed by atoms with Crippen molar-refractivity contribution in [2.24, 2.45) is 0 Å². The summed E-state index contributed by atoms with van der Waals surface area (Å²) in [5.74, 6) is 1.91. The molecule has 1 unspecified atom stereocenters. The van der Waals surface area contributed by atoms with Gasteiger partial charge in [0.15, 0.2) is 11.5 Å². The number of fused-ring (bicyclic) bond motifs is 1. The number of rotatable bonds is 6. The van der Waals surface area contributed by atoms with E-state index in [1.54, 1.807) is 18.2 Å². The third kappa shape index (κ3) is 4.74. The summed E-state index contributed by atoms with van der Waals surface area (Å²) in [6, 6.07) is 10.5. The summed E-state index contributed by atoms with van der Waals surface area (Å²) in [4.78, 5) is 12.1. The van der Waals surface area contributed by atoms with Gasteiger partial charge in [0.2, 0.25) is 5.91 Å². The zero-order valence-electron chi connectivity index (χ0n) is 14.3. The predicted octanol–water partition coefficient (Wildman–Crippen LogP) is 4.41. The lowest BCUT2D eigenvalue weighted by Crippen LogP contribution is -2.28. The molecule has 138 valence electrons. The molecule has 1 heterocycles. The second kappa shape index (κ2) is 8.52. The highest BCUT2D eigenvalue weighted by atomic mass is 35.5. The topological polar surface area (TPSA) is 56.8 Å². The third-order valence-electron chi connectivity index (χ3n) is 3.93. The Labute approximate surface area is 162 Å². The van der Waals surface area contributed by atoms with Crippen LogP contribution in [0.3, 0.4) is 0 Å². The molecule has 0 saturated carbocycles. The minimum atomic E-state index is -0.150. The van der Waals surface area contributed by atoms with Crippen LogP contribution in [0.5, 0.6) is 17.2 Å². The molecule has 26 heavy (non-hydrogen) atoms. The highest BCUT2D eigenvalue weighted by molar-refractivity contribution is 6.42. The molecule has 0 bridgehead atoms. The predicted molar refractivity (Wildman–Crippen MR) is 101 cm³/mol. The minimum Gasteiger partial charge on any atom is -0.493 e. The van der Waals surface area contributed by atoms with Gasteiger partial charge in [-0.25, -0.2) is 0 Å². The van der Waals surface area contributed by atoms with Gasteiger partial charge in [-0.05, 0) is 36.8 Å². The van der Waals surface area contributed by atoms with Crippen LogP contribution in [0, 0.1) is 0 Å². The summed E-state index contributed by atoms with van der Waals surface area (Å²) in [6.07, 6.45) is 0.231. The van der Waals surface area contributed by atoms with E-state index < -0.39 is 0 Å². The van der Waals surface area contributed by atoms with Crippen molar-refractivity contribution in [1.29, 1.82) is 0 Å². The summed E-state index contributed by atoms with van der Waals surface area (Å²) in [5.41, 5.74) is 0.952. The molecule has 1 amide bonds. The lowest BCUT2D eigenvalue weighted by Gasteiger charge is -2.21. The largest absolute Gasteiger partial charge is 0.493 e. The molecule has 2 aromatic rings. The van der Waals surface area contributed by atoms with Gasteiger partial charge in [-0.1, -0.05) is 29.3 Å². The first-order valence-electron chi connectivity index (χ1n) is 8.29. The van der Waals surface area contributed by atoms with Crippen molar-refractivity contribution in [3.63, 3.8) is 0 Å². The normalized spacial score (nSPS) is 13.8. The monoisotopic (exact) mass is 395 g/mol. The molecule has 0 saturated heterocycles. The van der Waals surface area contributed by atoms with Crippen molar-refractivity contribution >= 4 is 29.1 Å². The maximum absolute atomic E-state index is 12.1. The molecule has 5 nitrogen and oxygen atoms in total. The first-order chi connectivity index (χ1) is 12.5. The number of ether oxygens (including phenoxy) is 3. The molecule has 0 radical (unpaired) electrons. The van der Waals surface area contributed by atoms with Gasteiger partial charge in [0, 0.05) is 6.07 Å². The summed E-state index contributed by atoms with van der Waals surface area (Å²) < 4.78 is 16.6. The standard InChI is InChI=1S/C19H19Cl2NO4/c1-12(13-2-5-17-18(10-13)26-9-8-25-17)22-19(23)6-7-24-14-3-4-15(20)16(21)11-14/h2-5,10-12H,6-9H2,1H3,(H,22,23). The number of nitrogens with one attached hydrogen (secondary N) is 1. The molecule has 1 N–H and O–H groups in total. The lowest BCUT2D eigenvalue weighted by atomic mass is 10.1. The first-order valence-corrected chi connectivity index (χ1v) is 9.05. The van der Waals surface area contributed by atoms with Crippen molar-refractivity contribution in [3.8, 4) is 17.2 Å². The SMILES string of the molecule is CC(NC(=O)CCOc1ccc(Cl)c(Cl)c1)c1ccc2c(c1)OCCO2. The Morgan fingerprint density at radius 3 is 2.65 bits per heavy atom. The van der Waals surface area contributed by atoms with Crippen LogP contribution in [0.15, 0.2) is 36.4 Å². The molecule has 1 aliphatic rings. The van der Waals surface area contributed by atoms with Crippen LogP contribution in [0.25, 0.3) is 0 Å². The molecule has 3 rings (SSSR count). The summed E-state index contributed by atoms with van der Waals surface area (Å²) in [6.45, 7) is 3.25. The fraction of sp³-hybridized carbons (Fsp3) is 0.316. The maximum Gasteiger partial charge on any atom is 0.223 e. The van der Waals surface area contributed by atoms with Crippen LogP contribution in [0.4, 0.5) is 0 Å². The summed E-state index contributed by atoms with van der Waals surface area (Å²) >= 11 is 11.8. The van der Waals surface area contributed by atoms with Gasteiger partial charge in [0.05, 0.1) is 29.1 Å². The second-order valence-electron chi connectivity index (χ2n) is 5.87. The zero-order valence-corrected chi connectivity index (χ0v) is 15.8. The maximum atomic E-state index is 12.1.